The lowest BCUT2D eigenvalue weighted by atomic mass is 10.2. The van der Waals surface area contributed by atoms with Crippen molar-refractivity contribution in [3.8, 4) is 22.9 Å². The first-order valence-corrected chi connectivity index (χ1v) is 14.3. The van der Waals surface area contributed by atoms with Crippen molar-refractivity contribution in [2.45, 2.75) is 6.92 Å². The van der Waals surface area contributed by atoms with Crippen LogP contribution in [0.1, 0.15) is 12.5 Å². The first kappa shape index (κ1) is 28.0. The lowest BCUT2D eigenvalue weighted by molar-refractivity contribution is -0.137. The number of ether oxygens (including phenoxy) is 3. The van der Waals surface area contributed by atoms with Crippen LogP contribution in [0.3, 0.4) is 0 Å². The van der Waals surface area contributed by atoms with Gasteiger partial charge in [-0.2, -0.15) is 9.78 Å². The number of hydrogen-bond acceptors (Lipinski definition) is 7. The molecule has 0 spiro atoms. The lowest BCUT2D eigenvalue weighted by Crippen LogP contribution is -2.43. The summed E-state index contributed by atoms with van der Waals surface area (Å²) in [6, 6.07) is 18.4. The summed E-state index contributed by atoms with van der Waals surface area (Å²) in [5.74, 6) is 1.11. The number of carbonyl (C=O) groups excluding carboxylic acids is 1. The summed E-state index contributed by atoms with van der Waals surface area (Å²) in [5, 5.41) is 5.03. The highest BCUT2D eigenvalue weighted by atomic mass is 79.9. The first-order chi connectivity index (χ1) is 19.5. The number of fused-ring (bicyclic) bond motifs is 1. The number of amides is 1. The Morgan fingerprint density at radius 1 is 1.05 bits per heavy atom. The van der Waals surface area contributed by atoms with Crippen molar-refractivity contribution < 1.29 is 19.0 Å². The Morgan fingerprint density at radius 2 is 1.77 bits per heavy atom. The third kappa shape index (κ3) is 5.96. The van der Waals surface area contributed by atoms with Crippen LogP contribution >= 0.6 is 31.9 Å². The standard InChI is InChI=1S/C29H26Br2N4O5/c1-2-39-23-16-20(25(30)26(31)27(23)40-18-24(36)34-12-14-38-15-13-34)17-32-35-28(19-8-4-3-5-9-19)33-22-11-7-6-10-21(22)29(35)37/h3-11,16-17H,2,12-15,18H2,1H3. The molecule has 9 nitrogen and oxygen atoms in total. The zero-order valence-corrected chi connectivity index (χ0v) is 24.9. The molecule has 40 heavy (non-hydrogen) atoms. The number of nitrogens with zero attached hydrogens (tertiary/aromatic N) is 4. The molecule has 11 heteroatoms. The number of aromatic nitrogens is 2. The predicted octanol–water partition coefficient (Wildman–Crippen LogP) is 5.11. The highest BCUT2D eigenvalue weighted by molar-refractivity contribution is 9.13. The molecule has 0 atom stereocenters. The Bertz CT molecular complexity index is 1620. The summed E-state index contributed by atoms with van der Waals surface area (Å²) in [4.78, 5) is 32.6. The third-order valence-electron chi connectivity index (χ3n) is 6.26. The maximum absolute atomic E-state index is 13.5. The van der Waals surface area contributed by atoms with Crippen molar-refractivity contribution in [1.82, 2.24) is 14.6 Å². The predicted molar refractivity (Wildman–Crippen MR) is 160 cm³/mol. The van der Waals surface area contributed by atoms with Gasteiger partial charge in [-0.3, -0.25) is 9.59 Å². The molecule has 1 saturated heterocycles. The number of hydrogen-bond donors (Lipinski definition) is 0. The fourth-order valence-corrected chi connectivity index (χ4v) is 5.19. The van der Waals surface area contributed by atoms with Gasteiger partial charge in [0, 0.05) is 28.7 Å². The average Bonchev–Trinajstić information content (AvgIpc) is 2.99. The fourth-order valence-electron chi connectivity index (χ4n) is 4.26. The SMILES string of the molecule is CCOc1cc(C=Nn2c(-c3ccccc3)nc3ccccc3c2=O)c(Br)c(Br)c1OCC(=O)N1CCOCC1. The summed E-state index contributed by atoms with van der Waals surface area (Å²) in [5.41, 5.74) is 1.68. The number of halogens is 2. The molecule has 0 N–H and O–H groups in total. The molecule has 4 aromatic rings. The Balaban J connectivity index is 1.51. The Kier molecular flexibility index (Phi) is 8.93. The van der Waals surface area contributed by atoms with Crippen LogP contribution in [0.4, 0.5) is 0 Å². The summed E-state index contributed by atoms with van der Waals surface area (Å²) < 4.78 is 19.6. The monoisotopic (exact) mass is 668 g/mol. The second-order valence-corrected chi connectivity index (χ2v) is 10.4. The van der Waals surface area contributed by atoms with Gasteiger partial charge in [-0.15, -0.1) is 0 Å². The number of para-hydroxylation sites is 1. The van der Waals surface area contributed by atoms with Crippen LogP contribution in [-0.2, 0) is 9.53 Å². The van der Waals surface area contributed by atoms with E-state index in [-0.39, 0.29) is 18.1 Å². The largest absolute Gasteiger partial charge is 0.490 e. The molecule has 2 heterocycles. The van der Waals surface area contributed by atoms with Crippen molar-refractivity contribution in [1.29, 1.82) is 0 Å². The van der Waals surface area contributed by atoms with Crippen molar-refractivity contribution in [3.05, 3.63) is 85.5 Å². The zero-order chi connectivity index (χ0) is 28.1. The molecule has 1 amide bonds. The summed E-state index contributed by atoms with van der Waals surface area (Å²) in [6.45, 7) is 4.20. The van der Waals surface area contributed by atoms with E-state index in [1.165, 1.54) is 4.68 Å². The van der Waals surface area contributed by atoms with E-state index in [9.17, 15) is 9.59 Å². The molecule has 0 aliphatic carbocycles. The van der Waals surface area contributed by atoms with Gasteiger partial charge in [-0.1, -0.05) is 42.5 Å². The summed E-state index contributed by atoms with van der Waals surface area (Å²) in [7, 11) is 0. The maximum Gasteiger partial charge on any atom is 0.282 e. The van der Waals surface area contributed by atoms with Crippen molar-refractivity contribution in [2.75, 3.05) is 39.5 Å². The lowest BCUT2D eigenvalue weighted by Gasteiger charge is -2.27. The highest BCUT2D eigenvalue weighted by Crippen LogP contribution is 2.42. The molecule has 5 rings (SSSR count). The first-order valence-electron chi connectivity index (χ1n) is 12.7. The molecule has 0 bridgehead atoms. The Morgan fingerprint density at radius 3 is 2.52 bits per heavy atom. The van der Waals surface area contributed by atoms with Gasteiger partial charge >= 0.3 is 0 Å². The Labute approximate surface area is 247 Å². The van der Waals surface area contributed by atoms with E-state index >= 15 is 0 Å². The molecule has 0 saturated carbocycles. The van der Waals surface area contributed by atoms with Gasteiger partial charge in [-0.05, 0) is 57.0 Å². The molecule has 1 fully saturated rings. The molecule has 1 aliphatic rings. The van der Waals surface area contributed by atoms with E-state index in [2.05, 4.69) is 37.0 Å². The molecule has 206 valence electrons. The molecule has 1 aliphatic heterocycles. The van der Waals surface area contributed by atoms with E-state index in [0.29, 0.717) is 75.6 Å². The smallest absolute Gasteiger partial charge is 0.282 e. The van der Waals surface area contributed by atoms with Gasteiger partial charge in [-0.25, -0.2) is 4.98 Å². The molecular weight excluding hydrogens is 644 g/mol. The minimum absolute atomic E-state index is 0.129. The summed E-state index contributed by atoms with van der Waals surface area (Å²) >= 11 is 7.19. The number of benzene rings is 3. The quantitative estimate of drug-likeness (QED) is 0.242. The van der Waals surface area contributed by atoms with Crippen LogP contribution in [-0.4, -0.2) is 66.2 Å². The topological polar surface area (TPSA) is 95.2 Å². The van der Waals surface area contributed by atoms with E-state index < -0.39 is 0 Å². The van der Waals surface area contributed by atoms with E-state index in [4.69, 9.17) is 19.2 Å². The molecule has 3 aromatic carbocycles. The van der Waals surface area contributed by atoms with E-state index in [1.807, 2.05) is 49.4 Å². The minimum atomic E-state index is -0.289. The maximum atomic E-state index is 13.5. The number of carbonyl (C=O) groups is 1. The zero-order valence-electron chi connectivity index (χ0n) is 21.7. The van der Waals surface area contributed by atoms with Crippen LogP contribution in [0, 0.1) is 0 Å². The number of morpholine rings is 1. The molecule has 0 radical (unpaired) electrons. The van der Waals surface area contributed by atoms with Crippen LogP contribution in [0.15, 0.2) is 79.5 Å². The fraction of sp³-hybridized carbons (Fsp3) is 0.241. The van der Waals surface area contributed by atoms with Crippen LogP contribution in [0.5, 0.6) is 11.5 Å². The van der Waals surface area contributed by atoms with Gasteiger partial charge in [0.25, 0.3) is 11.5 Å². The van der Waals surface area contributed by atoms with Crippen molar-refractivity contribution in [2.24, 2.45) is 5.10 Å². The molecule has 1 aromatic heterocycles. The third-order valence-corrected chi connectivity index (χ3v) is 8.40. The van der Waals surface area contributed by atoms with Crippen LogP contribution < -0.4 is 15.0 Å². The number of rotatable bonds is 8. The second kappa shape index (κ2) is 12.8. The van der Waals surface area contributed by atoms with Gasteiger partial charge in [0.05, 0.1) is 41.4 Å². The van der Waals surface area contributed by atoms with Gasteiger partial charge in [0.15, 0.2) is 23.9 Å². The minimum Gasteiger partial charge on any atom is -0.490 e. The van der Waals surface area contributed by atoms with Gasteiger partial charge < -0.3 is 19.1 Å². The van der Waals surface area contributed by atoms with Crippen molar-refractivity contribution in [3.63, 3.8) is 0 Å². The summed E-state index contributed by atoms with van der Waals surface area (Å²) in [6.07, 6.45) is 1.56. The average molecular weight is 670 g/mol. The normalized spacial score (nSPS) is 13.6. The van der Waals surface area contributed by atoms with Crippen molar-refractivity contribution >= 4 is 54.9 Å². The highest BCUT2D eigenvalue weighted by Gasteiger charge is 2.22. The van der Waals surface area contributed by atoms with Crippen LogP contribution in [0.2, 0.25) is 0 Å². The van der Waals surface area contributed by atoms with Gasteiger partial charge in [0.2, 0.25) is 0 Å². The molecule has 0 unspecified atom stereocenters. The van der Waals surface area contributed by atoms with Crippen LogP contribution in [0.25, 0.3) is 22.3 Å². The van der Waals surface area contributed by atoms with E-state index in [0.717, 1.165) is 5.56 Å². The second-order valence-electron chi connectivity index (χ2n) is 8.82. The Hall–Kier alpha value is -3.54. The van der Waals surface area contributed by atoms with Gasteiger partial charge in [0.1, 0.15) is 0 Å². The molecular formula is C29H26Br2N4O5. The van der Waals surface area contributed by atoms with E-state index in [1.54, 1.807) is 29.3 Å².